The highest BCUT2D eigenvalue weighted by Gasteiger charge is 2.32. The largest absolute Gasteiger partial charge is 0.337 e. The van der Waals surface area contributed by atoms with E-state index in [1.165, 1.54) is 5.56 Å². The van der Waals surface area contributed by atoms with E-state index in [-0.39, 0.29) is 12.1 Å². The van der Waals surface area contributed by atoms with Crippen LogP contribution >= 0.6 is 0 Å². The van der Waals surface area contributed by atoms with Crippen molar-refractivity contribution in [2.45, 2.75) is 31.5 Å². The van der Waals surface area contributed by atoms with Crippen LogP contribution in [0.15, 0.2) is 42.7 Å². The van der Waals surface area contributed by atoms with Gasteiger partial charge < -0.3 is 10.3 Å². The van der Waals surface area contributed by atoms with Crippen molar-refractivity contribution in [1.82, 2.24) is 14.5 Å². The molecule has 1 aliphatic heterocycles. The highest BCUT2D eigenvalue weighted by molar-refractivity contribution is 5.16. The molecule has 0 radical (unpaired) electrons. The predicted molar refractivity (Wildman–Crippen MR) is 80.0 cm³/mol. The van der Waals surface area contributed by atoms with Crippen LogP contribution in [0.3, 0.4) is 0 Å². The van der Waals surface area contributed by atoms with Gasteiger partial charge in [-0.2, -0.15) is 0 Å². The number of nitrogens with two attached hydrogens (primary N) is 1. The molecule has 0 spiro atoms. The Balaban J connectivity index is 1.85. The number of aryl methyl sites for hydroxylation is 1. The van der Waals surface area contributed by atoms with Crippen LogP contribution in [0.1, 0.15) is 30.3 Å². The molecule has 2 aromatic rings. The van der Waals surface area contributed by atoms with E-state index < -0.39 is 0 Å². The summed E-state index contributed by atoms with van der Waals surface area (Å²) in [6, 6.07) is 11.0. The number of nitrogens with zero attached hydrogens (tertiary/aromatic N) is 3. The maximum atomic E-state index is 6.39. The van der Waals surface area contributed by atoms with Crippen LogP contribution in [0.25, 0.3) is 0 Å². The van der Waals surface area contributed by atoms with E-state index >= 15 is 0 Å². The Labute approximate surface area is 120 Å². The van der Waals surface area contributed by atoms with Crippen LogP contribution < -0.4 is 5.73 Å². The standard InChI is InChI=1S/C16H22N4/c1-19-11-9-18-16(19)15-14(17)8-5-10-20(15)12-13-6-3-2-4-7-13/h2-4,6-7,9,11,14-15H,5,8,10,12,17H2,1H3. The first kappa shape index (κ1) is 13.3. The molecule has 0 amide bonds. The zero-order chi connectivity index (χ0) is 13.9. The Kier molecular flexibility index (Phi) is 3.85. The third-order valence-electron chi connectivity index (χ3n) is 4.13. The number of hydrogen-bond donors (Lipinski definition) is 1. The van der Waals surface area contributed by atoms with Gasteiger partial charge in [-0.05, 0) is 24.9 Å². The zero-order valence-corrected chi connectivity index (χ0v) is 11.9. The van der Waals surface area contributed by atoms with Crippen LogP contribution in [0.2, 0.25) is 0 Å². The van der Waals surface area contributed by atoms with Gasteiger partial charge in [0.2, 0.25) is 0 Å². The summed E-state index contributed by atoms with van der Waals surface area (Å²) in [5.41, 5.74) is 7.72. The molecule has 1 aromatic carbocycles. The van der Waals surface area contributed by atoms with Gasteiger partial charge >= 0.3 is 0 Å². The summed E-state index contributed by atoms with van der Waals surface area (Å²) in [5.74, 6) is 1.08. The van der Waals surface area contributed by atoms with Crippen molar-refractivity contribution in [3.63, 3.8) is 0 Å². The fourth-order valence-electron chi connectivity index (χ4n) is 3.11. The number of aromatic nitrogens is 2. The van der Waals surface area contributed by atoms with Crippen LogP contribution in [0.5, 0.6) is 0 Å². The molecule has 1 aromatic heterocycles. The fourth-order valence-corrected chi connectivity index (χ4v) is 3.11. The van der Waals surface area contributed by atoms with Crippen molar-refractivity contribution < 1.29 is 0 Å². The lowest BCUT2D eigenvalue weighted by Gasteiger charge is -2.39. The Bertz CT molecular complexity index is 549. The predicted octanol–water partition coefficient (Wildman–Crippen LogP) is 2.08. The minimum atomic E-state index is 0.161. The summed E-state index contributed by atoms with van der Waals surface area (Å²) < 4.78 is 2.09. The fraction of sp³-hybridized carbons (Fsp3) is 0.438. The van der Waals surface area contributed by atoms with Gasteiger partial charge in [0.1, 0.15) is 5.82 Å². The average Bonchev–Trinajstić information content (AvgIpc) is 2.86. The summed E-state index contributed by atoms with van der Waals surface area (Å²) in [7, 11) is 2.05. The van der Waals surface area contributed by atoms with Gasteiger partial charge in [-0.3, -0.25) is 4.90 Å². The molecule has 0 bridgehead atoms. The molecule has 2 atom stereocenters. The minimum Gasteiger partial charge on any atom is -0.337 e. The van der Waals surface area contributed by atoms with E-state index in [4.69, 9.17) is 5.73 Å². The van der Waals surface area contributed by atoms with E-state index in [1.54, 1.807) is 0 Å². The normalized spacial score (nSPS) is 23.9. The lowest BCUT2D eigenvalue weighted by atomic mass is 9.95. The van der Waals surface area contributed by atoms with Gasteiger partial charge in [-0.25, -0.2) is 4.98 Å². The third kappa shape index (κ3) is 2.62. The number of likely N-dealkylation sites (tertiary alicyclic amines) is 1. The highest BCUT2D eigenvalue weighted by atomic mass is 15.2. The molecule has 4 heteroatoms. The summed E-state index contributed by atoms with van der Waals surface area (Å²) >= 11 is 0. The van der Waals surface area contributed by atoms with Crippen LogP contribution in [-0.2, 0) is 13.6 Å². The maximum Gasteiger partial charge on any atom is 0.127 e. The molecule has 1 saturated heterocycles. The average molecular weight is 270 g/mol. The zero-order valence-electron chi connectivity index (χ0n) is 11.9. The first-order chi connectivity index (χ1) is 9.75. The summed E-state index contributed by atoms with van der Waals surface area (Å²) in [6.45, 7) is 2.02. The van der Waals surface area contributed by atoms with E-state index in [2.05, 4.69) is 44.8 Å². The van der Waals surface area contributed by atoms with Crippen molar-refractivity contribution in [2.75, 3.05) is 6.54 Å². The molecule has 0 aliphatic carbocycles. The maximum absolute atomic E-state index is 6.39. The second-order valence-corrected chi connectivity index (χ2v) is 5.60. The molecule has 0 saturated carbocycles. The van der Waals surface area contributed by atoms with Crippen LogP contribution in [0, 0.1) is 0 Å². The van der Waals surface area contributed by atoms with Crippen molar-refractivity contribution in [1.29, 1.82) is 0 Å². The van der Waals surface area contributed by atoms with Crippen molar-refractivity contribution in [3.05, 3.63) is 54.1 Å². The van der Waals surface area contributed by atoms with E-state index in [0.717, 1.165) is 31.8 Å². The Morgan fingerprint density at radius 2 is 2.10 bits per heavy atom. The first-order valence-corrected chi connectivity index (χ1v) is 7.26. The van der Waals surface area contributed by atoms with Crippen molar-refractivity contribution in [2.24, 2.45) is 12.8 Å². The highest BCUT2D eigenvalue weighted by Crippen LogP contribution is 2.30. The lowest BCUT2D eigenvalue weighted by Crippen LogP contribution is -2.46. The van der Waals surface area contributed by atoms with Crippen LogP contribution in [0.4, 0.5) is 0 Å². The molecule has 4 nitrogen and oxygen atoms in total. The number of imidazole rings is 1. The van der Waals surface area contributed by atoms with Gasteiger partial charge in [0.15, 0.2) is 0 Å². The smallest absolute Gasteiger partial charge is 0.127 e. The Hall–Kier alpha value is -1.65. The van der Waals surface area contributed by atoms with E-state index in [0.29, 0.717) is 0 Å². The molecular weight excluding hydrogens is 248 g/mol. The van der Waals surface area contributed by atoms with E-state index in [9.17, 15) is 0 Å². The molecule has 2 heterocycles. The minimum absolute atomic E-state index is 0.161. The van der Waals surface area contributed by atoms with Crippen molar-refractivity contribution >= 4 is 0 Å². The number of piperidine rings is 1. The second-order valence-electron chi connectivity index (χ2n) is 5.60. The molecule has 3 rings (SSSR count). The molecule has 1 aliphatic rings. The van der Waals surface area contributed by atoms with Crippen molar-refractivity contribution in [3.8, 4) is 0 Å². The molecule has 2 N–H and O–H groups in total. The SMILES string of the molecule is Cn1ccnc1C1C(N)CCCN1Cc1ccccc1. The van der Waals surface area contributed by atoms with Gasteiger partial charge in [0.05, 0.1) is 6.04 Å². The topological polar surface area (TPSA) is 47.1 Å². The quantitative estimate of drug-likeness (QED) is 0.929. The molecule has 2 unspecified atom stereocenters. The van der Waals surface area contributed by atoms with Gasteiger partial charge in [0.25, 0.3) is 0 Å². The third-order valence-corrected chi connectivity index (χ3v) is 4.13. The number of hydrogen-bond acceptors (Lipinski definition) is 3. The lowest BCUT2D eigenvalue weighted by molar-refractivity contribution is 0.112. The molecular formula is C16H22N4. The van der Waals surface area contributed by atoms with Gasteiger partial charge in [-0.15, -0.1) is 0 Å². The second kappa shape index (κ2) is 5.77. The molecule has 20 heavy (non-hydrogen) atoms. The van der Waals surface area contributed by atoms with Crippen LogP contribution in [-0.4, -0.2) is 27.0 Å². The Morgan fingerprint density at radius 1 is 1.30 bits per heavy atom. The van der Waals surface area contributed by atoms with Gasteiger partial charge in [-0.1, -0.05) is 30.3 Å². The number of rotatable bonds is 3. The molecule has 106 valence electrons. The summed E-state index contributed by atoms with van der Waals surface area (Å²) in [4.78, 5) is 6.99. The van der Waals surface area contributed by atoms with Gasteiger partial charge in [0, 0.05) is 32.0 Å². The summed E-state index contributed by atoms with van der Waals surface area (Å²) in [6.07, 6.45) is 6.09. The molecule has 1 fully saturated rings. The summed E-state index contributed by atoms with van der Waals surface area (Å²) in [5, 5.41) is 0. The first-order valence-electron chi connectivity index (χ1n) is 7.26. The van der Waals surface area contributed by atoms with E-state index in [1.807, 2.05) is 19.4 Å². The Morgan fingerprint density at radius 3 is 2.80 bits per heavy atom. The monoisotopic (exact) mass is 270 g/mol. The number of benzene rings is 1.